The normalized spacial score (nSPS) is 8.80. The fourth-order valence-corrected chi connectivity index (χ4v) is 0. The summed E-state index contributed by atoms with van der Waals surface area (Å²) >= 11 is 0. The summed E-state index contributed by atoms with van der Waals surface area (Å²) in [5, 5.41) is 0. The predicted octanol–water partition coefficient (Wildman–Crippen LogP) is 5.86. The molecule has 0 aliphatic rings. The lowest BCUT2D eigenvalue weighted by atomic mass is 10.5. The molecule has 0 unspecified atom stereocenters. The zero-order valence-electron chi connectivity index (χ0n) is 11.6. The van der Waals surface area contributed by atoms with Crippen LogP contribution in [0.2, 0.25) is 0 Å². The molecule has 0 saturated heterocycles. The van der Waals surface area contributed by atoms with Gasteiger partial charge in [-0.25, -0.2) is 13.2 Å². The standard InChI is InChI=1S/C3H6F2.C3H7F.2C3H8/c1-3(2,4)5;1-3(2)4;2*1-3-2/h1-2H3;3H,1-2H3;2*3H2,1-2H3. The Morgan fingerprint density at radius 1 is 0.867 bits per heavy atom. The summed E-state index contributed by atoms with van der Waals surface area (Å²) in [6, 6.07) is 0. The molecule has 3 heteroatoms. The van der Waals surface area contributed by atoms with Crippen LogP contribution in [-0.4, -0.2) is 12.1 Å². The van der Waals surface area contributed by atoms with Gasteiger partial charge < -0.3 is 0 Å². The molecule has 98 valence electrons. The third kappa shape index (κ3) is 43500. The smallest absolute Gasteiger partial charge is 0.242 e. The Labute approximate surface area is 94.3 Å². The Hall–Kier alpha value is -0.210. The summed E-state index contributed by atoms with van der Waals surface area (Å²) in [4.78, 5) is 0. The second-order valence-corrected chi connectivity index (χ2v) is 3.76. The molecule has 0 aromatic heterocycles. The van der Waals surface area contributed by atoms with Crippen LogP contribution in [0.4, 0.5) is 13.2 Å². The van der Waals surface area contributed by atoms with Crippen LogP contribution in [0.3, 0.4) is 0 Å². The van der Waals surface area contributed by atoms with Gasteiger partial charge in [0, 0.05) is 0 Å². The first-order chi connectivity index (χ1) is 6.56. The average molecular weight is 230 g/mol. The molecule has 0 amide bonds. The monoisotopic (exact) mass is 230 g/mol. The Morgan fingerprint density at radius 2 is 0.867 bits per heavy atom. The van der Waals surface area contributed by atoms with Gasteiger partial charge in [0.15, 0.2) is 0 Å². The maximum Gasteiger partial charge on any atom is 0.242 e. The summed E-state index contributed by atoms with van der Waals surface area (Å²) in [6.45, 7) is 13.2. The number of halogens is 3. The lowest BCUT2D eigenvalue weighted by molar-refractivity contribution is 0.0437. The number of rotatable bonds is 0. The summed E-state index contributed by atoms with van der Waals surface area (Å²) in [5.41, 5.74) is 0. The van der Waals surface area contributed by atoms with Gasteiger partial charge in [-0.2, -0.15) is 0 Å². The lowest BCUT2D eigenvalue weighted by Gasteiger charge is -1.94. The van der Waals surface area contributed by atoms with Crippen molar-refractivity contribution in [1.29, 1.82) is 0 Å². The Kier molecular flexibility index (Phi) is 31.2. The van der Waals surface area contributed by atoms with Gasteiger partial charge in [-0.1, -0.05) is 40.5 Å². The van der Waals surface area contributed by atoms with Crippen molar-refractivity contribution >= 4 is 0 Å². The average Bonchev–Trinajstić information content (AvgIpc) is 1.82. The summed E-state index contributed by atoms with van der Waals surface area (Å²) < 4.78 is 33.0. The Morgan fingerprint density at radius 3 is 0.867 bits per heavy atom. The largest absolute Gasteiger partial charge is 0.248 e. The van der Waals surface area contributed by atoms with Crippen LogP contribution >= 0.6 is 0 Å². The van der Waals surface area contributed by atoms with E-state index in [4.69, 9.17) is 0 Å². The van der Waals surface area contributed by atoms with Gasteiger partial charge in [-0.15, -0.1) is 0 Å². The Bertz CT molecular complexity index is 64.7. The second kappa shape index (κ2) is 19.4. The van der Waals surface area contributed by atoms with Gasteiger partial charge in [0.1, 0.15) is 0 Å². The zero-order chi connectivity index (χ0) is 13.5. The van der Waals surface area contributed by atoms with Crippen LogP contribution in [0.25, 0.3) is 0 Å². The van der Waals surface area contributed by atoms with Gasteiger partial charge in [-0.3, -0.25) is 0 Å². The molecule has 0 aliphatic heterocycles. The first kappa shape index (κ1) is 24.2. The van der Waals surface area contributed by atoms with Crippen molar-refractivity contribution in [2.24, 2.45) is 0 Å². The van der Waals surface area contributed by atoms with E-state index in [1.807, 2.05) is 0 Å². The number of hydrogen-bond acceptors (Lipinski definition) is 0. The molecule has 0 bridgehead atoms. The molecule has 0 saturated carbocycles. The molecule has 0 nitrogen and oxygen atoms in total. The quantitative estimate of drug-likeness (QED) is 0.489. The van der Waals surface area contributed by atoms with Crippen LogP contribution in [0.15, 0.2) is 0 Å². The van der Waals surface area contributed by atoms with Crippen LogP contribution < -0.4 is 0 Å². The molecular formula is C12H29F3. The topological polar surface area (TPSA) is 0 Å². The van der Waals surface area contributed by atoms with Gasteiger partial charge in [0.2, 0.25) is 5.92 Å². The molecule has 0 aromatic rings. The highest BCUT2D eigenvalue weighted by molar-refractivity contribution is 4.40. The van der Waals surface area contributed by atoms with Crippen molar-refractivity contribution in [3.8, 4) is 0 Å². The maximum absolute atomic E-state index is 11.0. The molecule has 0 spiro atoms. The van der Waals surface area contributed by atoms with E-state index in [1.165, 1.54) is 26.7 Å². The first-order valence-electron chi connectivity index (χ1n) is 5.58. The lowest BCUT2D eigenvalue weighted by Crippen LogP contribution is -1.98. The molecule has 0 fully saturated rings. The van der Waals surface area contributed by atoms with Crippen LogP contribution in [0.1, 0.15) is 68.2 Å². The predicted molar refractivity (Wildman–Crippen MR) is 64.5 cm³/mol. The summed E-state index contributed by atoms with van der Waals surface area (Å²) in [5.74, 6) is -2.50. The van der Waals surface area contributed by atoms with Gasteiger partial charge in [0.05, 0.1) is 6.17 Å². The van der Waals surface area contributed by atoms with E-state index in [9.17, 15) is 13.2 Å². The highest BCUT2D eigenvalue weighted by atomic mass is 19.3. The van der Waals surface area contributed by atoms with Crippen molar-refractivity contribution in [3.05, 3.63) is 0 Å². The van der Waals surface area contributed by atoms with Crippen molar-refractivity contribution < 1.29 is 13.2 Å². The fraction of sp³-hybridized carbons (Fsp3) is 1.00. The van der Waals surface area contributed by atoms with Gasteiger partial charge in [0.25, 0.3) is 0 Å². The summed E-state index contributed by atoms with van der Waals surface area (Å²) in [6.07, 6.45) is 1.83. The van der Waals surface area contributed by atoms with E-state index in [0.29, 0.717) is 0 Å². The highest BCUT2D eigenvalue weighted by Crippen LogP contribution is 2.06. The fourth-order valence-electron chi connectivity index (χ4n) is 0. The molecule has 0 radical (unpaired) electrons. The molecule has 15 heavy (non-hydrogen) atoms. The van der Waals surface area contributed by atoms with E-state index < -0.39 is 12.1 Å². The van der Waals surface area contributed by atoms with Crippen molar-refractivity contribution in [1.82, 2.24) is 0 Å². The second-order valence-electron chi connectivity index (χ2n) is 3.76. The summed E-state index contributed by atoms with van der Waals surface area (Å²) in [7, 11) is 0. The molecule has 0 atom stereocenters. The third-order valence-electron chi connectivity index (χ3n) is 0. The zero-order valence-corrected chi connectivity index (χ0v) is 11.6. The van der Waals surface area contributed by atoms with Crippen LogP contribution in [0, 0.1) is 0 Å². The highest BCUT2D eigenvalue weighted by Gasteiger charge is 2.08. The molecule has 0 N–H and O–H groups in total. The van der Waals surface area contributed by atoms with E-state index in [2.05, 4.69) is 27.7 Å². The molecule has 0 aliphatic carbocycles. The van der Waals surface area contributed by atoms with Gasteiger partial charge in [-0.05, 0) is 27.7 Å². The maximum atomic E-state index is 11.0. The Balaban J connectivity index is -0.0000000553. The van der Waals surface area contributed by atoms with Crippen LogP contribution in [0.5, 0.6) is 0 Å². The van der Waals surface area contributed by atoms with E-state index >= 15 is 0 Å². The van der Waals surface area contributed by atoms with E-state index in [0.717, 1.165) is 13.8 Å². The van der Waals surface area contributed by atoms with Crippen molar-refractivity contribution in [2.75, 3.05) is 0 Å². The minimum Gasteiger partial charge on any atom is -0.248 e. The van der Waals surface area contributed by atoms with E-state index in [-0.39, 0.29) is 0 Å². The van der Waals surface area contributed by atoms with E-state index in [1.54, 1.807) is 0 Å². The molecule has 0 aromatic carbocycles. The SMILES string of the molecule is CC(C)(F)F.CC(C)F.CCC.CCC. The minimum atomic E-state index is -2.50. The number of hydrogen-bond donors (Lipinski definition) is 0. The van der Waals surface area contributed by atoms with Crippen molar-refractivity contribution in [3.63, 3.8) is 0 Å². The minimum absolute atomic E-state index is 0.667. The first-order valence-corrected chi connectivity index (χ1v) is 5.58. The third-order valence-corrected chi connectivity index (χ3v) is 0. The molecular weight excluding hydrogens is 201 g/mol. The molecule has 0 rings (SSSR count). The van der Waals surface area contributed by atoms with Crippen molar-refractivity contribution in [2.45, 2.75) is 80.3 Å². The van der Waals surface area contributed by atoms with Gasteiger partial charge >= 0.3 is 0 Å². The van der Waals surface area contributed by atoms with Crippen LogP contribution in [-0.2, 0) is 0 Å². The molecule has 0 heterocycles. The number of alkyl halides is 3.